The fraction of sp³-hybridized carbons (Fsp3) is 0.417. The number of nitrogens with two attached hydrogens (primary N) is 1. The van der Waals surface area contributed by atoms with Crippen molar-refractivity contribution in [3.05, 3.63) is 35.4 Å². The maximum atomic E-state index is 11.8. The van der Waals surface area contributed by atoms with E-state index in [1.807, 2.05) is 19.1 Å². The third-order valence-corrected chi connectivity index (χ3v) is 4.06. The summed E-state index contributed by atoms with van der Waals surface area (Å²) in [4.78, 5) is 11.8. The van der Waals surface area contributed by atoms with Crippen molar-refractivity contribution < 1.29 is 13.2 Å². The van der Waals surface area contributed by atoms with Crippen LogP contribution in [-0.4, -0.2) is 33.7 Å². The SMILES string of the molecule is CNS(=O)(=O)CCNC(=O)C(N)c1ccc(C)cc1. The van der Waals surface area contributed by atoms with Gasteiger partial charge in [0.2, 0.25) is 15.9 Å². The van der Waals surface area contributed by atoms with E-state index in [2.05, 4.69) is 10.0 Å². The number of hydrogen-bond acceptors (Lipinski definition) is 4. The molecule has 1 aromatic rings. The van der Waals surface area contributed by atoms with Crippen molar-refractivity contribution in [2.75, 3.05) is 19.3 Å². The smallest absolute Gasteiger partial charge is 0.241 e. The van der Waals surface area contributed by atoms with Crippen LogP contribution in [-0.2, 0) is 14.8 Å². The van der Waals surface area contributed by atoms with Crippen molar-refractivity contribution in [3.8, 4) is 0 Å². The summed E-state index contributed by atoms with van der Waals surface area (Å²) in [6, 6.07) is 6.51. The molecule has 1 rings (SSSR count). The molecular formula is C12H19N3O3S. The van der Waals surface area contributed by atoms with Crippen LogP contribution in [0.3, 0.4) is 0 Å². The molecule has 0 aliphatic rings. The number of amides is 1. The van der Waals surface area contributed by atoms with Crippen LogP contribution in [0.2, 0.25) is 0 Å². The fourth-order valence-corrected chi connectivity index (χ4v) is 2.02. The monoisotopic (exact) mass is 285 g/mol. The van der Waals surface area contributed by atoms with Crippen molar-refractivity contribution in [2.45, 2.75) is 13.0 Å². The van der Waals surface area contributed by atoms with Gasteiger partial charge < -0.3 is 11.1 Å². The molecule has 0 heterocycles. The first-order valence-electron chi connectivity index (χ1n) is 5.87. The van der Waals surface area contributed by atoms with Crippen LogP contribution in [0.5, 0.6) is 0 Å². The van der Waals surface area contributed by atoms with Gasteiger partial charge in [0.1, 0.15) is 6.04 Å². The Bertz CT molecular complexity index is 526. The van der Waals surface area contributed by atoms with E-state index < -0.39 is 22.0 Å². The third kappa shape index (κ3) is 4.98. The molecule has 19 heavy (non-hydrogen) atoms. The number of hydrogen-bond donors (Lipinski definition) is 3. The van der Waals surface area contributed by atoms with Crippen molar-refractivity contribution in [3.63, 3.8) is 0 Å². The number of carbonyl (C=O) groups is 1. The number of nitrogens with one attached hydrogen (secondary N) is 2. The molecule has 1 amide bonds. The highest BCUT2D eigenvalue weighted by molar-refractivity contribution is 7.89. The summed E-state index contributed by atoms with van der Waals surface area (Å²) in [7, 11) is -1.99. The quantitative estimate of drug-likeness (QED) is 0.665. The van der Waals surface area contributed by atoms with Gasteiger partial charge in [0.05, 0.1) is 5.75 Å². The zero-order valence-corrected chi connectivity index (χ0v) is 11.8. The molecule has 0 fully saturated rings. The van der Waals surface area contributed by atoms with Gasteiger partial charge in [-0.2, -0.15) is 0 Å². The third-order valence-electron chi connectivity index (χ3n) is 2.70. The first-order chi connectivity index (χ1) is 8.85. The molecular weight excluding hydrogens is 266 g/mol. The zero-order valence-electron chi connectivity index (χ0n) is 11.0. The Labute approximate surface area is 113 Å². The van der Waals surface area contributed by atoms with Gasteiger partial charge in [-0.3, -0.25) is 4.79 Å². The second-order valence-electron chi connectivity index (χ2n) is 4.20. The predicted molar refractivity (Wildman–Crippen MR) is 74.0 cm³/mol. The lowest BCUT2D eigenvalue weighted by Gasteiger charge is -2.12. The molecule has 106 valence electrons. The predicted octanol–water partition coefficient (Wildman–Crippen LogP) is -0.340. The lowest BCUT2D eigenvalue weighted by Crippen LogP contribution is -2.38. The zero-order chi connectivity index (χ0) is 14.5. The van der Waals surface area contributed by atoms with Gasteiger partial charge in [-0.15, -0.1) is 0 Å². The van der Waals surface area contributed by atoms with Crippen molar-refractivity contribution >= 4 is 15.9 Å². The summed E-state index contributed by atoms with van der Waals surface area (Å²) < 4.78 is 24.5. The van der Waals surface area contributed by atoms with Crippen molar-refractivity contribution in [2.24, 2.45) is 5.73 Å². The summed E-state index contributed by atoms with van der Waals surface area (Å²) in [6.45, 7) is 1.97. The van der Waals surface area contributed by atoms with Crippen LogP contribution in [0.4, 0.5) is 0 Å². The average Bonchev–Trinajstić information content (AvgIpc) is 2.38. The van der Waals surface area contributed by atoms with E-state index in [0.29, 0.717) is 5.56 Å². The average molecular weight is 285 g/mol. The summed E-state index contributed by atoms with van der Waals surface area (Å²) >= 11 is 0. The van der Waals surface area contributed by atoms with Gasteiger partial charge in [0.25, 0.3) is 0 Å². The minimum absolute atomic E-state index is 0.0293. The summed E-state index contributed by atoms with van der Waals surface area (Å²) in [5.74, 6) is -0.564. The lowest BCUT2D eigenvalue weighted by atomic mass is 10.1. The highest BCUT2D eigenvalue weighted by Gasteiger charge is 2.16. The van der Waals surface area contributed by atoms with Gasteiger partial charge in [-0.1, -0.05) is 29.8 Å². The molecule has 0 aliphatic heterocycles. The largest absolute Gasteiger partial charge is 0.353 e. The van der Waals surface area contributed by atoms with Crippen LogP contribution in [0, 0.1) is 6.92 Å². The van der Waals surface area contributed by atoms with E-state index in [1.165, 1.54) is 7.05 Å². The Morgan fingerprint density at radius 2 is 1.89 bits per heavy atom. The Balaban J connectivity index is 2.52. The summed E-state index contributed by atoms with van der Waals surface area (Å²) in [6.07, 6.45) is 0. The van der Waals surface area contributed by atoms with Gasteiger partial charge in [0, 0.05) is 6.54 Å². The van der Waals surface area contributed by atoms with Gasteiger partial charge in [-0.05, 0) is 19.5 Å². The van der Waals surface area contributed by atoms with Gasteiger partial charge in [0.15, 0.2) is 0 Å². The molecule has 0 aliphatic carbocycles. The van der Waals surface area contributed by atoms with Gasteiger partial charge >= 0.3 is 0 Å². The standard InChI is InChI=1S/C12H19N3O3S/c1-9-3-5-10(6-4-9)11(13)12(16)15-7-8-19(17,18)14-2/h3-6,11,14H,7-8,13H2,1-2H3,(H,15,16). The molecule has 0 saturated heterocycles. The first-order valence-corrected chi connectivity index (χ1v) is 7.52. The summed E-state index contributed by atoms with van der Waals surface area (Å²) in [5, 5.41) is 2.50. The molecule has 0 aromatic heterocycles. The topological polar surface area (TPSA) is 101 Å². The Kier molecular flexibility index (Phi) is 5.46. The highest BCUT2D eigenvalue weighted by atomic mass is 32.2. The Morgan fingerprint density at radius 1 is 1.32 bits per heavy atom. The molecule has 0 saturated carbocycles. The molecule has 1 atom stereocenters. The fourth-order valence-electron chi connectivity index (χ4n) is 1.45. The molecule has 1 unspecified atom stereocenters. The summed E-state index contributed by atoms with van der Waals surface area (Å²) in [5.41, 5.74) is 7.57. The number of rotatable bonds is 6. The molecule has 0 bridgehead atoms. The molecule has 0 spiro atoms. The minimum Gasteiger partial charge on any atom is -0.353 e. The molecule has 1 aromatic carbocycles. The Morgan fingerprint density at radius 3 is 2.42 bits per heavy atom. The van der Waals surface area contributed by atoms with Crippen LogP contribution in [0.1, 0.15) is 17.2 Å². The maximum Gasteiger partial charge on any atom is 0.241 e. The van der Waals surface area contributed by atoms with Crippen LogP contribution >= 0.6 is 0 Å². The number of benzene rings is 1. The normalized spacial score (nSPS) is 13.0. The first kappa shape index (κ1) is 15.6. The Hall–Kier alpha value is -1.44. The van der Waals surface area contributed by atoms with Crippen LogP contribution in [0.15, 0.2) is 24.3 Å². The van der Waals surface area contributed by atoms with Crippen LogP contribution in [0.25, 0.3) is 0 Å². The van der Waals surface area contributed by atoms with E-state index in [0.717, 1.165) is 5.56 Å². The lowest BCUT2D eigenvalue weighted by molar-refractivity contribution is -0.122. The molecule has 4 N–H and O–H groups in total. The van der Waals surface area contributed by atoms with E-state index in [1.54, 1.807) is 12.1 Å². The van der Waals surface area contributed by atoms with Crippen LogP contribution < -0.4 is 15.8 Å². The molecule has 6 nitrogen and oxygen atoms in total. The molecule has 7 heteroatoms. The number of carbonyl (C=O) groups excluding carboxylic acids is 1. The van der Waals surface area contributed by atoms with E-state index in [9.17, 15) is 13.2 Å². The maximum absolute atomic E-state index is 11.8. The van der Waals surface area contributed by atoms with Crippen molar-refractivity contribution in [1.82, 2.24) is 10.0 Å². The van der Waals surface area contributed by atoms with Gasteiger partial charge in [-0.25, -0.2) is 13.1 Å². The van der Waals surface area contributed by atoms with E-state index in [4.69, 9.17) is 5.73 Å². The van der Waals surface area contributed by atoms with Crippen molar-refractivity contribution in [1.29, 1.82) is 0 Å². The second kappa shape index (κ2) is 6.65. The van der Waals surface area contributed by atoms with E-state index in [-0.39, 0.29) is 12.3 Å². The highest BCUT2D eigenvalue weighted by Crippen LogP contribution is 2.11. The molecule has 0 radical (unpaired) electrons. The number of sulfonamides is 1. The minimum atomic E-state index is -3.32. The number of aryl methyl sites for hydroxylation is 1. The second-order valence-corrected chi connectivity index (χ2v) is 6.25. The van der Waals surface area contributed by atoms with E-state index >= 15 is 0 Å².